The fraction of sp³-hybridized carbons (Fsp3) is 0.706. The van der Waals surface area contributed by atoms with Gasteiger partial charge in [-0.25, -0.2) is 14.6 Å². The van der Waals surface area contributed by atoms with E-state index in [1.165, 1.54) is 12.0 Å². The normalized spacial score (nSPS) is 22.8. The number of carbonyl (C=O) groups excluding carboxylic acids is 2. The molecule has 1 saturated heterocycles. The quantitative estimate of drug-likeness (QED) is 0.753. The molecular formula is C17H26N2O6. The maximum atomic E-state index is 12.8. The van der Waals surface area contributed by atoms with Crippen molar-refractivity contribution in [1.29, 1.82) is 0 Å². The number of esters is 1. The van der Waals surface area contributed by atoms with Crippen molar-refractivity contribution in [3.63, 3.8) is 0 Å². The molecule has 2 atom stereocenters. The summed E-state index contributed by atoms with van der Waals surface area (Å²) in [4.78, 5) is 30.2. The fourth-order valence-corrected chi connectivity index (χ4v) is 2.91. The van der Waals surface area contributed by atoms with Gasteiger partial charge in [-0.05, 0) is 48.5 Å². The number of aryl methyl sites for hydroxylation is 1. The largest absolute Gasteiger partial charge is 0.464 e. The summed E-state index contributed by atoms with van der Waals surface area (Å²) in [6, 6.07) is -0.623. The lowest BCUT2D eigenvalue weighted by molar-refractivity contribution is -0.0760. The molecule has 2 rings (SSSR count). The zero-order chi connectivity index (χ0) is 19.2. The number of rotatable bonds is 2. The van der Waals surface area contributed by atoms with Crippen LogP contribution in [0, 0.1) is 6.92 Å². The molecule has 2 heterocycles. The van der Waals surface area contributed by atoms with Crippen molar-refractivity contribution >= 4 is 12.1 Å². The Morgan fingerprint density at radius 2 is 1.88 bits per heavy atom. The van der Waals surface area contributed by atoms with Crippen LogP contribution in [0.15, 0.2) is 4.42 Å². The summed E-state index contributed by atoms with van der Waals surface area (Å²) in [6.45, 7) is 12.3. The maximum absolute atomic E-state index is 12.8. The molecule has 8 heteroatoms. The summed E-state index contributed by atoms with van der Waals surface area (Å²) >= 11 is 0. The van der Waals surface area contributed by atoms with E-state index in [1.807, 2.05) is 6.92 Å². The molecule has 140 valence electrons. The van der Waals surface area contributed by atoms with Gasteiger partial charge >= 0.3 is 12.1 Å². The van der Waals surface area contributed by atoms with Crippen molar-refractivity contribution in [3.8, 4) is 0 Å². The molecule has 0 bridgehead atoms. The Bertz CT molecular complexity index is 673. The first kappa shape index (κ1) is 19.2. The van der Waals surface area contributed by atoms with Gasteiger partial charge in [0.1, 0.15) is 23.1 Å². The molecule has 1 aliphatic rings. The van der Waals surface area contributed by atoms with E-state index in [1.54, 1.807) is 41.5 Å². The SMILES string of the molecule is COC(=O)c1nc([C@@H]2[C@@H](C)OC(C)(C)N2C(=O)OC(C)(C)C)oc1C. The van der Waals surface area contributed by atoms with Gasteiger partial charge in [-0.2, -0.15) is 0 Å². The van der Waals surface area contributed by atoms with Crippen LogP contribution in [0.3, 0.4) is 0 Å². The molecule has 0 unspecified atom stereocenters. The molecule has 1 aliphatic heterocycles. The third kappa shape index (κ3) is 3.78. The fourth-order valence-electron chi connectivity index (χ4n) is 2.91. The second kappa shape index (κ2) is 6.33. The lowest BCUT2D eigenvalue weighted by Crippen LogP contribution is -2.47. The number of carbonyl (C=O) groups is 2. The van der Waals surface area contributed by atoms with Gasteiger partial charge in [0.05, 0.1) is 13.2 Å². The van der Waals surface area contributed by atoms with Crippen molar-refractivity contribution in [2.24, 2.45) is 0 Å². The van der Waals surface area contributed by atoms with Gasteiger partial charge in [0.15, 0.2) is 5.69 Å². The van der Waals surface area contributed by atoms with Crippen molar-refractivity contribution in [2.45, 2.75) is 71.9 Å². The Morgan fingerprint density at radius 1 is 1.28 bits per heavy atom. The molecule has 0 saturated carbocycles. The van der Waals surface area contributed by atoms with E-state index in [0.29, 0.717) is 5.76 Å². The topological polar surface area (TPSA) is 91.1 Å². The first-order chi connectivity index (χ1) is 11.4. The average Bonchev–Trinajstić information content (AvgIpc) is 2.92. The van der Waals surface area contributed by atoms with E-state index in [4.69, 9.17) is 18.6 Å². The third-order valence-electron chi connectivity index (χ3n) is 3.81. The van der Waals surface area contributed by atoms with Crippen LogP contribution in [-0.4, -0.2) is 46.5 Å². The molecule has 0 N–H and O–H groups in total. The molecule has 0 radical (unpaired) electrons. The minimum atomic E-state index is -0.916. The van der Waals surface area contributed by atoms with Crippen LogP contribution in [-0.2, 0) is 14.2 Å². The molecule has 0 spiro atoms. The monoisotopic (exact) mass is 354 g/mol. The number of nitrogens with zero attached hydrogens (tertiary/aromatic N) is 2. The van der Waals surface area contributed by atoms with E-state index in [0.717, 1.165) is 0 Å². The van der Waals surface area contributed by atoms with Gasteiger partial charge in [0.25, 0.3) is 0 Å². The van der Waals surface area contributed by atoms with Crippen LogP contribution in [0.5, 0.6) is 0 Å². The van der Waals surface area contributed by atoms with E-state index in [-0.39, 0.29) is 11.6 Å². The minimum absolute atomic E-state index is 0.0820. The van der Waals surface area contributed by atoms with Crippen LogP contribution in [0.25, 0.3) is 0 Å². The highest BCUT2D eigenvalue weighted by atomic mass is 16.6. The molecule has 8 nitrogen and oxygen atoms in total. The van der Waals surface area contributed by atoms with E-state index in [9.17, 15) is 9.59 Å². The predicted molar refractivity (Wildman–Crippen MR) is 88.0 cm³/mol. The summed E-state index contributed by atoms with van der Waals surface area (Å²) in [5, 5.41) is 0. The number of hydrogen-bond donors (Lipinski definition) is 0. The number of oxazole rings is 1. The Kier molecular flexibility index (Phi) is 4.87. The summed E-state index contributed by atoms with van der Waals surface area (Å²) in [5.74, 6) is -0.0631. The third-order valence-corrected chi connectivity index (χ3v) is 3.81. The van der Waals surface area contributed by atoms with Crippen molar-refractivity contribution in [2.75, 3.05) is 7.11 Å². The smallest absolute Gasteiger partial charge is 0.413 e. The second-order valence-electron chi connectivity index (χ2n) is 7.51. The first-order valence-corrected chi connectivity index (χ1v) is 8.13. The van der Waals surface area contributed by atoms with Crippen LogP contribution in [0.2, 0.25) is 0 Å². The highest BCUT2D eigenvalue weighted by molar-refractivity contribution is 5.88. The van der Waals surface area contributed by atoms with Gasteiger partial charge in [-0.1, -0.05) is 0 Å². The average molecular weight is 354 g/mol. The van der Waals surface area contributed by atoms with E-state index >= 15 is 0 Å². The molecule has 1 amide bonds. The lowest BCUT2D eigenvalue weighted by Gasteiger charge is -2.34. The molecule has 1 fully saturated rings. The van der Waals surface area contributed by atoms with Crippen molar-refractivity contribution < 1.29 is 28.2 Å². The molecule has 0 aliphatic carbocycles. The summed E-state index contributed by atoms with van der Waals surface area (Å²) in [6.07, 6.45) is -0.937. The van der Waals surface area contributed by atoms with E-state index in [2.05, 4.69) is 4.98 Å². The summed E-state index contributed by atoms with van der Waals surface area (Å²) < 4.78 is 21.8. The predicted octanol–water partition coefficient (Wildman–Crippen LogP) is 3.20. The standard InChI is InChI=1S/C17H26N2O6/c1-9-11(14(20)22-8)18-13(23-9)12-10(2)24-17(6,7)19(12)15(21)25-16(3,4)5/h10,12H,1-8H3/t10-,12+/m1/s1. The summed E-state index contributed by atoms with van der Waals surface area (Å²) in [5.41, 5.74) is -1.49. The number of ether oxygens (including phenoxy) is 3. The number of aromatic nitrogens is 1. The van der Waals surface area contributed by atoms with Gasteiger partial charge in [-0.15, -0.1) is 0 Å². The highest BCUT2D eigenvalue weighted by Gasteiger charge is 2.52. The first-order valence-electron chi connectivity index (χ1n) is 8.13. The summed E-state index contributed by atoms with van der Waals surface area (Å²) in [7, 11) is 1.27. The Hall–Kier alpha value is -2.09. The van der Waals surface area contributed by atoms with Gasteiger partial charge < -0.3 is 18.6 Å². The zero-order valence-electron chi connectivity index (χ0n) is 16.0. The van der Waals surface area contributed by atoms with Crippen LogP contribution in [0.4, 0.5) is 4.79 Å². The second-order valence-corrected chi connectivity index (χ2v) is 7.51. The van der Waals surface area contributed by atoms with Crippen molar-refractivity contribution in [1.82, 2.24) is 9.88 Å². The number of amides is 1. The Balaban J connectivity index is 2.43. The lowest BCUT2D eigenvalue weighted by atomic mass is 10.1. The number of methoxy groups -OCH3 is 1. The molecular weight excluding hydrogens is 328 g/mol. The van der Waals surface area contributed by atoms with Gasteiger partial charge in [0, 0.05) is 0 Å². The molecule has 25 heavy (non-hydrogen) atoms. The van der Waals surface area contributed by atoms with E-state index < -0.39 is 35.5 Å². The van der Waals surface area contributed by atoms with Gasteiger partial charge in [0.2, 0.25) is 5.89 Å². The Morgan fingerprint density at radius 3 is 2.40 bits per heavy atom. The van der Waals surface area contributed by atoms with Gasteiger partial charge in [-0.3, -0.25) is 4.90 Å². The Labute approximate surface area is 147 Å². The minimum Gasteiger partial charge on any atom is -0.464 e. The number of hydrogen-bond acceptors (Lipinski definition) is 7. The maximum Gasteiger partial charge on any atom is 0.413 e. The zero-order valence-corrected chi connectivity index (χ0v) is 16.0. The van der Waals surface area contributed by atoms with Crippen LogP contribution >= 0.6 is 0 Å². The molecule has 1 aromatic rings. The molecule has 0 aromatic carbocycles. The molecule has 1 aromatic heterocycles. The highest BCUT2D eigenvalue weighted by Crippen LogP contribution is 2.42. The van der Waals surface area contributed by atoms with Crippen LogP contribution in [0.1, 0.15) is 69.7 Å². The van der Waals surface area contributed by atoms with Crippen molar-refractivity contribution in [3.05, 3.63) is 17.3 Å². The van der Waals surface area contributed by atoms with Crippen LogP contribution < -0.4 is 0 Å².